The number of benzene rings is 3. The van der Waals surface area contributed by atoms with Gasteiger partial charge in [0.1, 0.15) is 24.0 Å². The molecule has 194 valence electrons. The van der Waals surface area contributed by atoms with Crippen molar-refractivity contribution in [1.82, 2.24) is 5.32 Å². The predicted octanol–water partition coefficient (Wildman–Crippen LogP) is 4.96. The molecule has 0 spiro atoms. The lowest BCUT2D eigenvalue weighted by molar-refractivity contribution is -0.117. The monoisotopic (exact) mass is 512 g/mol. The molecule has 4 rings (SSSR count). The first-order valence-electron chi connectivity index (χ1n) is 11.9. The van der Waals surface area contributed by atoms with E-state index in [2.05, 4.69) is 11.9 Å². The lowest BCUT2D eigenvalue weighted by Gasteiger charge is -2.16. The van der Waals surface area contributed by atoms with Crippen LogP contribution in [-0.2, 0) is 24.4 Å². The molecule has 3 aromatic rings. The summed E-state index contributed by atoms with van der Waals surface area (Å²) < 4.78 is 27.7. The van der Waals surface area contributed by atoms with Crippen LogP contribution >= 0.6 is 0 Å². The van der Waals surface area contributed by atoms with Gasteiger partial charge in [-0.2, -0.15) is 5.26 Å². The molecule has 0 aromatic heterocycles. The topological polar surface area (TPSA) is 99.0 Å². The Morgan fingerprint density at radius 2 is 1.82 bits per heavy atom. The molecule has 1 N–H and O–H groups in total. The quantitative estimate of drug-likeness (QED) is 0.220. The zero-order chi connectivity index (χ0) is 26.9. The average Bonchev–Trinajstić information content (AvgIpc) is 3.42. The fourth-order valence-electron chi connectivity index (χ4n) is 3.91. The summed E-state index contributed by atoms with van der Waals surface area (Å²) in [5.74, 6) is 2.67. The van der Waals surface area contributed by atoms with E-state index in [1.165, 1.54) is 6.08 Å². The van der Waals surface area contributed by atoms with Crippen molar-refractivity contribution in [3.8, 4) is 34.8 Å². The Morgan fingerprint density at radius 3 is 2.53 bits per heavy atom. The maximum absolute atomic E-state index is 12.7. The van der Waals surface area contributed by atoms with Crippen molar-refractivity contribution in [2.45, 2.75) is 19.6 Å². The standard InChI is InChI=1S/C30H28N2O6/c1-4-5-23-12-22(13-24(16-31)30(33)32-17-20-6-9-25(34-2)10-7-20)15-28(35-3)29(23)36-18-21-8-11-26-27(14-21)38-19-37-26/h4,6-15H,1,5,17-19H2,2-3H3,(H,32,33)/b24-13-. The number of methoxy groups -OCH3 is 2. The highest BCUT2D eigenvalue weighted by Gasteiger charge is 2.17. The van der Waals surface area contributed by atoms with Crippen LogP contribution in [0.4, 0.5) is 0 Å². The molecule has 0 atom stereocenters. The molecular weight excluding hydrogens is 484 g/mol. The molecule has 38 heavy (non-hydrogen) atoms. The van der Waals surface area contributed by atoms with Gasteiger partial charge < -0.3 is 29.0 Å². The Kier molecular flexibility index (Phi) is 8.52. The molecule has 0 unspecified atom stereocenters. The second kappa shape index (κ2) is 12.4. The molecule has 3 aromatic carbocycles. The first-order chi connectivity index (χ1) is 18.5. The largest absolute Gasteiger partial charge is 0.497 e. The maximum Gasteiger partial charge on any atom is 0.262 e. The molecule has 0 fully saturated rings. The van der Waals surface area contributed by atoms with E-state index < -0.39 is 5.91 Å². The molecule has 8 heteroatoms. The maximum atomic E-state index is 12.7. The van der Waals surface area contributed by atoms with Gasteiger partial charge in [-0.1, -0.05) is 24.3 Å². The molecule has 0 saturated carbocycles. The zero-order valence-electron chi connectivity index (χ0n) is 21.3. The Balaban J connectivity index is 1.52. The van der Waals surface area contributed by atoms with E-state index in [1.54, 1.807) is 26.4 Å². The van der Waals surface area contributed by atoms with E-state index >= 15 is 0 Å². The summed E-state index contributed by atoms with van der Waals surface area (Å²) in [6.07, 6.45) is 3.78. The summed E-state index contributed by atoms with van der Waals surface area (Å²) in [6, 6.07) is 18.5. The fraction of sp³-hybridized carbons (Fsp3) is 0.200. The number of rotatable bonds is 11. The summed E-state index contributed by atoms with van der Waals surface area (Å²) in [5, 5.41) is 12.4. The van der Waals surface area contributed by atoms with Crippen molar-refractivity contribution >= 4 is 12.0 Å². The summed E-state index contributed by atoms with van der Waals surface area (Å²) in [7, 11) is 3.13. The van der Waals surface area contributed by atoms with Crippen LogP contribution in [-0.4, -0.2) is 26.9 Å². The van der Waals surface area contributed by atoms with Crippen LogP contribution in [0.15, 0.2) is 72.8 Å². The van der Waals surface area contributed by atoms with Crippen LogP contribution in [0.3, 0.4) is 0 Å². The minimum Gasteiger partial charge on any atom is -0.497 e. The first-order valence-corrected chi connectivity index (χ1v) is 11.9. The number of fused-ring (bicyclic) bond motifs is 1. The van der Waals surface area contributed by atoms with Gasteiger partial charge in [-0.05, 0) is 65.6 Å². The minimum atomic E-state index is -0.476. The van der Waals surface area contributed by atoms with Gasteiger partial charge in [0.15, 0.2) is 23.0 Å². The van der Waals surface area contributed by atoms with Gasteiger partial charge in [0.2, 0.25) is 6.79 Å². The highest BCUT2D eigenvalue weighted by Crippen LogP contribution is 2.36. The van der Waals surface area contributed by atoms with Gasteiger partial charge in [0, 0.05) is 12.1 Å². The molecular formula is C30H28N2O6. The van der Waals surface area contributed by atoms with E-state index in [1.807, 2.05) is 54.6 Å². The minimum absolute atomic E-state index is 0.0286. The van der Waals surface area contributed by atoms with E-state index in [9.17, 15) is 10.1 Å². The second-order valence-electron chi connectivity index (χ2n) is 8.38. The van der Waals surface area contributed by atoms with E-state index in [-0.39, 0.29) is 25.5 Å². The fourth-order valence-corrected chi connectivity index (χ4v) is 3.91. The first kappa shape index (κ1) is 26.2. The Morgan fingerprint density at radius 1 is 1.05 bits per heavy atom. The third-order valence-electron chi connectivity index (χ3n) is 5.85. The zero-order valence-corrected chi connectivity index (χ0v) is 21.3. The van der Waals surface area contributed by atoms with E-state index in [0.717, 1.165) is 22.4 Å². The average molecular weight is 513 g/mol. The van der Waals surface area contributed by atoms with Crippen LogP contribution in [0.5, 0.6) is 28.7 Å². The van der Waals surface area contributed by atoms with Gasteiger partial charge in [-0.3, -0.25) is 4.79 Å². The number of nitrogens with one attached hydrogen (secondary N) is 1. The smallest absolute Gasteiger partial charge is 0.262 e. The number of ether oxygens (including phenoxy) is 5. The van der Waals surface area contributed by atoms with Gasteiger partial charge >= 0.3 is 0 Å². The summed E-state index contributed by atoms with van der Waals surface area (Å²) in [4.78, 5) is 12.7. The van der Waals surface area contributed by atoms with Gasteiger partial charge in [0.25, 0.3) is 5.91 Å². The summed E-state index contributed by atoms with van der Waals surface area (Å²) in [6.45, 7) is 4.61. The number of allylic oxidation sites excluding steroid dienone is 1. The molecule has 1 heterocycles. The number of amides is 1. The number of carbonyl (C=O) groups is 1. The molecule has 0 aliphatic carbocycles. The van der Waals surface area contributed by atoms with Crippen molar-refractivity contribution in [3.63, 3.8) is 0 Å². The van der Waals surface area contributed by atoms with Crippen molar-refractivity contribution in [2.75, 3.05) is 21.0 Å². The van der Waals surface area contributed by atoms with Crippen molar-refractivity contribution in [3.05, 3.63) is 95.1 Å². The third-order valence-corrected chi connectivity index (χ3v) is 5.85. The van der Waals surface area contributed by atoms with Crippen LogP contribution in [0.25, 0.3) is 6.08 Å². The van der Waals surface area contributed by atoms with Crippen LogP contribution in [0.2, 0.25) is 0 Å². The Bertz CT molecular complexity index is 1390. The molecule has 8 nitrogen and oxygen atoms in total. The van der Waals surface area contributed by atoms with Gasteiger partial charge in [-0.15, -0.1) is 6.58 Å². The SMILES string of the molecule is C=CCc1cc(/C=C(/C#N)C(=O)NCc2ccc(OC)cc2)cc(OC)c1OCc1ccc2c(c1)OCO2. The van der Waals surface area contributed by atoms with Crippen molar-refractivity contribution in [1.29, 1.82) is 5.26 Å². The van der Waals surface area contributed by atoms with Crippen LogP contribution < -0.4 is 29.0 Å². The Hall–Kier alpha value is -4.90. The van der Waals surface area contributed by atoms with Crippen LogP contribution in [0, 0.1) is 11.3 Å². The lowest BCUT2D eigenvalue weighted by Crippen LogP contribution is -2.23. The Labute approximate surface area is 221 Å². The predicted molar refractivity (Wildman–Crippen MR) is 142 cm³/mol. The third kappa shape index (κ3) is 6.26. The number of hydrogen-bond donors (Lipinski definition) is 1. The van der Waals surface area contributed by atoms with E-state index in [0.29, 0.717) is 35.0 Å². The highest BCUT2D eigenvalue weighted by atomic mass is 16.7. The number of nitrogens with zero attached hydrogens (tertiary/aromatic N) is 1. The molecule has 0 bridgehead atoms. The molecule has 1 aliphatic rings. The number of carbonyl (C=O) groups excluding carboxylic acids is 1. The summed E-state index contributed by atoms with van der Waals surface area (Å²) in [5.41, 5.74) is 3.20. The highest BCUT2D eigenvalue weighted by molar-refractivity contribution is 6.01. The van der Waals surface area contributed by atoms with Crippen molar-refractivity contribution < 1.29 is 28.5 Å². The number of hydrogen-bond acceptors (Lipinski definition) is 7. The van der Waals surface area contributed by atoms with Crippen LogP contribution in [0.1, 0.15) is 22.3 Å². The van der Waals surface area contributed by atoms with Gasteiger partial charge in [-0.25, -0.2) is 0 Å². The van der Waals surface area contributed by atoms with E-state index in [4.69, 9.17) is 23.7 Å². The normalized spacial score (nSPS) is 11.9. The van der Waals surface area contributed by atoms with Crippen molar-refractivity contribution in [2.24, 2.45) is 0 Å². The molecule has 1 amide bonds. The summed E-state index contributed by atoms with van der Waals surface area (Å²) >= 11 is 0. The van der Waals surface area contributed by atoms with Gasteiger partial charge in [0.05, 0.1) is 14.2 Å². The lowest BCUT2D eigenvalue weighted by atomic mass is 10.0. The number of nitriles is 1. The molecule has 0 saturated heterocycles. The molecule has 1 aliphatic heterocycles. The molecule has 0 radical (unpaired) electrons. The second-order valence-corrected chi connectivity index (χ2v) is 8.38.